The lowest BCUT2D eigenvalue weighted by Crippen LogP contribution is -1.94. The first-order chi connectivity index (χ1) is 5.74. The molecule has 0 radical (unpaired) electrons. The summed E-state index contributed by atoms with van der Waals surface area (Å²) >= 11 is 5.65. The van der Waals surface area contributed by atoms with Crippen LogP contribution in [0.5, 0.6) is 0 Å². The monoisotopic (exact) mass is 181 g/mol. The Morgan fingerprint density at radius 1 is 1.42 bits per heavy atom. The minimum absolute atomic E-state index is 0.113. The van der Waals surface area contributed by atoms with E-state index in [1.165, 1.54) is 0 Å². The van der Waals surface area contributed by atoms with Crippen molar-refractivity contribution in [2.45, 2.75) is 12.5 Å². The van der Waals surface area contributed by atoms with Crippen molar-refractivity contribution in [1.82, 2.24) is 0 Å². The van der Waals surface area contributed by atoms with Crippen molar-refractivity contribution in [3.8, 4) is 6.07 Å². The molecular formula is C9H8ClNO. The molecule has 1 aromatic rings. The van der Waals surface area contributed by atoms with Crippen molar-refractivity contribution in [3.63, 3.8) is 0 Å². The van der Waals surface area contributed by atoms with Crippen LogP contribution >= 0.6 is 11.6 Å². The molecule has 0 bridgehead atoms. The third kappa shape index (κ3) is 2.23. The Morgan fingerprint density at radius 2 is 2.00 bits per heavy atom. The summed E-state index contributed by atoms with van der Waals surface area (Å²) in [5.74, 6) is 0. The number of nitrogens with zero attached hydrogens (tertiary/aromatic N) is 1. The van der Waals surface area contributed by atoms with Gasteiger partial charge < -0.3 is 5.11 Å². The van der Waals surface area contributed by atoms with Gasteiger partial charge in [-0.25, -0.2) is 0 Å². The van der Waals surface area contributed by atoms with Crippen molar-refractivity contribution < 1.29 is 5.11 Å². The largest absolute Gasteiger partial charge is 0.387 e. The molecule has 62 valence electrons. The predicted octanol–water partition coefficient (Wildman–Crippen LogP) is 2.29. The molecule has 0 aliphatic carbocycles. The molecule has 0 aromatic heterocycles. The third-order valence-electron chi connectivity index (χ3n) is 1.54. The quantitative estimate of drug-likeness (QED) is 0.761. The topological polar surface area (TPSA) is 44.0 Å². The van der Waals surface area contributed by atoms with Gasteiger partial charge in [0.1, 0.15) is 0 Å². The fourth-order valence-electron chi connectivity index (χ4n) is 0.889. The first-order valence-corrected chi connectivity index (χ1v) is 3.92. The van der Waals surface area contributed by atoms with E-state index in [9.17, 15) is 5.11 Å². The van der Waals surface area contributed by atoms with Gasteiger partial charge >= 0.3 is 0 Å². The van der Waals surface area contributed by atoms with E-state index in [-0.39, 0.29) is 6.42 Å². The number of halogens is 1. The number of nitriles is 1. The van der Waals surface area contributed by atoms with Gasteiger partial charge in [0, 0.05) is 5.02 Å². The zero-order chi connectivity index (χ0) is 8.97. The molecule has 0 amide bonds. The highest BCUT2D eigenvalue weighted by atomic mass is 35.5. The van der Waals surface area contributed by atoms with Crippen LogP contribution in [0, 0.1) is 11.3 Å². The number of hydrogen-bond acceptors (Lipinski definition) is 2. The molecule has 0 fully saturated rings. The van der Waals surface area contributed by atoms with E-state index in [2.05, 4.69) is 0 Å². The maximum Gasteiger partial charge on any atom is 0.0919 e. The van der Waals surface area contributed by atoms with E-state index < -0.39 is 6.10 Å². The van der Waals surface area contributed by atoms with Crippen LogP contribution in [-0.2, 0) is 0 Å². The highest BCUT2D eigenvalue weighted by Crippen LogP contribution is 2.18. The Labute approximate surface area is 76.0 Å². The standard InChI is InChI=1S/C9H8ClNO/c10-8-3-1-7(2-4-8)9(12)5-6-11/h1-4,9,12H,5H2/t9-/m1/s1. The van der Waals surface area contributed by atoms with Crippen LogP contribution in [0.25, 0.3) is 0 Å². The molecule has 3 heteroatoms. The van der Waals surface area contributed by atoms with Crippen LogP contribution in [-0.4, -0.2) is 5.11 Å². The SMILES string of the molecule is N#CC[C@@H](O)c1ccc(Cl)cc1. The van der Waals surface area contributed by atoms with Crippen molar-refractivity contribution >= 4 is 11.6 Å². The maximum atomic E-state index is 9.35. The average molecular weight is 182 g/mol. The number of hydrogen-bond donors (Lipinski definition) is 1. The normalized spacial score (nSPS) is 12.1. The smallest absolute Gasteiger partial charge is 0.0919 e. The Hall–Kier alpha value is -1.04. The first kappa shape index (κ1) is 9.05. The van der Waals surface area contributed by atoms with Gasteiger partial charge in [-0.3, -0.25) is 0 Å². The lowest BCUT2D eigenvalue weighted by Gasteiger charge is -2.05. The van der Waals surface area contributed by atoms with Crippen molar-refractivity contribution in [1.29, 1.82) is 5.26 Å². The summed E-state index contributed by atoms with van der Waals surface area (Å²) in [5.41, 5.74) is 0.723. The Balaban J connectivity index is 2.76. The van der Waals surface area contributed by atoms with Crippen LogP contribution in [0.1, 0.15) is 18.1 Å². The van der Waals surface area contributed by atoms with Gasteiger partial charge in [-0.05, 0) is 17.7 Å². The molecule has 0 heterocycles. The number of aliphatic hydroxyl groups is 1. The molecule has 0 unspecified atom stereocenters. The fraction of sp³-hybridized carbons (Fsp3) is 0.222. The number of benzene rings is 1. The molecule has 0 saturated heterocycles. The fourth-order valence-corrected chi connectivity index (χ4v) is 1.02. The molecule has 2 nitrogen and oxygen atoms in total. The van der Waals surface area contributed by atoms with E-state index in [0.717, 1.165) is 5.56 Å². The van der Waals surface area contributed by atoms with Crippen molar-refractivity contribution in [2.24, 2.45) is 0 Å². The zero-order valence-corrected chi connectivity index (χ0v) is 7.12. The van der Waals surface area contributed by atoms with Gasteiger partial charge in [-0.15, -0.1) is 0 Å². The van der Waals surface area contributed by atoms with Crippen LogP contribution in [0.15, 0.2) is 24.3 Å². The van der Waals surface area contributed by atoms with Crippen LogP contribution in [0.2, 0.25) is 5.02 Å². The Morgan fingerprint density at radius 3 is 2.50 bits per heavy atom. The molecule has 0 aliphatic rings. The van der Waals surface area contributed by atoms with E-state index in [0.29, 0.717) is 5.02 Å². The second-order valence-corrected chi connectivity index (χ2v) is 2.87. The van der Waals surface area contributed by atoms with Crippen LogP contribution in [0.3, 0.4) is 0 Å². The molecule has 12 heavy (non-hydrogen) atoms. The van der Waals surface area contributed by atoms with Crippen molar-refractivity contribution in [2.75, 3.05) is 0 Å². The summed E-state index contributed by atoms with van der Waals surface area (Å²) in [7, 11) is 0. The average Bonchev–Trinajstić information content (AvgIpc) is 2.06. The second-order valence-electron chi connectivity index (χ2n) is 2.43. The molecule has 0 aliphatic heterocycles. The van der Waals surface area contributed by atoms with E-state index in [4.69, 9.17) is 16.9 Å². The third-order valence-corrected chi connectivity index (χ3v) is 1.79. The predicted molar refractivity (Wildman–Crippen MR) is 46.6 cm³/mol. The van der Waals surface area contributed by atoms with E-state index in [1.807, 2.05) is 6.07 Å². The number of rotatable bonds is 2. The highest BCUT2D eigenvalue weighted by Gasteiger charge is 2.05. The van der Waals surface area contributed by atoms with E-state index in [1.54, 1.807) is 24.3 Å². The van der Waals surface area contributed by atoms with Gasteiger partial charge in [0.15, 0.2) is 0 Å². The second kappa shape index (κ2) is 4.10. The maximum absolute atomic E-state index is 9.35. The summed E-state index contributed by atoms with van der Waals surface area (Å²) in [6.45, 7) is 0. The van der Waals surface area contributed by atoms with Gasteiger partial charge in [0.25, 0.3) is 0 Å². The van der Waals surface area contributed by atoms with E-state index >= 15 is 0 Å². The highest BCUT2D eigenvalue weighted by molar-refractivity contribution is 6.30. The van der Waals surface area contributed by atoms with Gasteiger partial charge in [-0.2, -0.15) is 5.26 Å². The summed E-state index contributed by atoms with van der Waals surface area (Å²) in [6.07, 6.45) is -0.589. The summed E-state index contributed by atoms with van der Waals surface area (Å²) < 4.78 is 0. The molecular weight excluding hydrogens is 174 g/mol. The van der Waals surface area contributed by atoms with Crippen LogP contribution < -0.4 is 0 Å². The Kier molecular flexibility index (Phi) is 3.09. The lowest BCUT2D eigenvalue weighted by atomic mass is 10.1. The molecule has 1 rings (SSSR count). The summed E-state index contributed by atoms with van der Waals surface area (Å²) in [6, 6.07) is 8.71. The molecule has 0 spiro atoms. The number of aliphatic hydroxyl groups excluding tert-OH is 1. The first-order valence-electron chi connectivity index (χ1n) is 3.54. The lowest BCUT2D eigenvalue weighted by molar-refractivity contribution is 0.183. The van der Waals surface area contributed by atoms with Gasteiger partial charge in [0.05, 0.1) is 18.6 Å². The minimum atomic E-state index is -0.702. The Bertz CT molecular complexity index is 288. The summed E-state index contributed by atoms with van der Waals surface area (Å²) in [4.78, 5) is 0. The molecule has 1 N–H and O–H groups in total. The van der Waals surface area contributed by atoms with Gasteiger partial charge in [-0.1, -0.05) is 23.7 Å². The van der Waals surface area contributed by atoms with Gasteiger partial charge in [0.2, 0.25) is 0 Å². The minimum Gasteiger partial charge on any atom is -0.387 e. The van der Waals surface area contributed by atoms with Crippen LogP contribution in [0.4, 0.5) is 0 Å². The molecule has 0 saturated carbocycles. The van der Waals surface area contributed by atoms with Crippen molar-refractivity contribution in [3.05, 3.63) is 34.9 Å². The summed E-state index contributed by atoms with van der Waals surface area (Å²) in [5, 5.41) is 18.3. The molecule has 1 aromatic carbocycles. The molecule has 1 atom stereocenters. The zero-order valence-electron chi connectivity index (χ0n) is 6.37.